The van der Waals surface area contributed by atoms with E-state index in [9.17, 15) is 18.0 Å². The summed E-state index contributed by atoms with van der Waals surface area (Å²) in [5.74, 6) is -0.765. The summed E-state index contributed by atoms with van der Waals surface area (Å²) in [6.45, 7) is 2.11. The van der Waals surface area contributed by atoms with Crippen molar-refractivity contribution in [1.29, 1.82) is 0 Å². The van der Waals surface area contributed by atoms with Gasteiger partial charge in [0.2, 0.25) is 11.7 Å². The zero-order valence-electron chi connectivity index (χ0n) is 12.5. The number of nitrogens with one attached hydrogen (secondary N) is 1. The second kappa shape index (κ2) is 6.89. The van der Waals surface area contributed by atoms with E-state index >= 15 is 0 Å². The van der Waals surface area contributed by atoms with Gasteiger partial charge in [-0.2, -0.15) is 13.2 Å². The molecule has 1 aliphatic carbocycles. The zero-order valence-corrected chi connectivity index (χ0v) is 13.3. The molecule has 1 aliphatic rings. The van der Waals surface area contributed by atoms with Crippen LogP contribution in [-0.2, 0) is 18.0 Å². The fourth-order valence-electron chi connectivity index (χ4n) is 2.60. The van der Waals surface area contributed by atoms with E-state index in [0.717, 1.165) is 35.6 Å². The van der Waals surface area contributed by atoms with Crippen molar-refractivity contribution in [1.82, 2.24) is 20.1 Å². The molecule has 0 spiro atoms. The molecule has 1 amide bonds. The third-order valence-electron chi connectivity index (χ3n) is 3.88. The van der Waals surface area contributed by atoms with E-state index in [0.29, 0.717) is 5.92 Å². The lowest BCUT2D eigenvalue weighted by atomic mass is 9.86. The fraction of sp³-hybridized carbons (Fsp3) is 0.769. The molecule has 1 fully saturated rings. The van der Waals surface area contributed by atoms with Crippen LogP contribution < -0.4 is 5.32 Å². The molecule has 124 valence electrons. The van der Waals surface area contributed by atoms with Gasteiger partial charge in [-0.15, -0.1) is 10.2 Å². The van der Waals surface area contributed by atoms with Gasteiger partial charge >= 0.3 is 6.18 Å². The Morgan fingerprint density at radius 2 is 2.05 bits per heavy atom. The van der Waals surface area contributed by atoms with Gasteiger partial charge in [-0.25, -0.2) is 0 Å². The van der Waals surface area contributed by atoms with E-state index in [2.05, 4.69) is 22.4 Å². The molecule has 1 heterocycles. The number of carbonyl (C=O) groups excluding carboxylic acids is 1. The fourth-order valence-corrected chi connectivity index (χ4v) is 3.32. The van der Waals surface area contributed by atoms with Crippen LogP contribution in [0.2, 0.25) is 0 Å². The number of aromatic nitrogens is 3. The molecular weight excluding hydrogens is 317 g/mol. The molecule has 2 atom stereocenters. The van der Waals surface area contributed by atoms with Gasteiger partial charge in [-0.1, -0.05) is 31.5 Å². The summed E-state index contributed by atoms with van der Waals surface area (Å²) in [5, 5.41) is 9.66. The van der Waals surface area contributed by atoms with Crippen LogP contribution in [0.1, 0.15) is 38.4 Å². The Morgan fingerprint density at radius 1 is 1.36 bits per heavy atom. The number of hydrogen-bond acceptors (Lipinski definition) is 4. The van der Waals surface area contributed by atoms with Gasteiger partial charge < -0.3 is 9.88 Å². The van der Waals surface area contributed by atoms with Crippen molar-refractivity contribution in [2.24, 2.45) is 13.0 Å². The Hall–Kier alpha value is -1.25. The summed E-state index contributed by atoms with van der Waals surface area (Å²) in [7, 11) is 1.24. The molecule has 22 heavy (non-hydrogen) atoms. The first-order valence-corrected chi connectivity index (χ1v) is 8.16. The first kappa shape index (κ1) is 17.1. The van der Waals surface area contributed by atoms with Crippen molar-refractivity contribution >= 4 is 17.7 Å². The van der Waals surface area contributed by atoms with E-state index in [1.807, 2.05) is 0 Å². The third-order valence-corrected chi connectivity index (χ3v) is 4.90. The number of amides is 1. The number of nitrogens with zero attached hydrogens (tertiary/aromatic N) is 3. The smallest absolute Gasteiger partial charge is 0.352 e. The number of halogens is 3. The van der Waals surface area contributed by atoms with Crippen molar-refractivity contribution in [3.05, 3.63) is 5.82 Å². The van der Waals surface area contributed by atoms with E-state index in [1.165, 1.54) is 13.5 Å². The van der Waals surface area contributed by atoms with Crippen LogP contribution in [-0.4, -0.2) is 32.5 Å². The largest absolute Gasteiger partial charge is 0.451 e. The standard InChI is InChI=1S/C13H19F3N4OS/c1-8-5-3-4-6-9(8)17-10(21)7-22-12-19-18-11(20(12)2)13(14,15)16/h8-9H,3-7H2,1-2H3,(H,17,21)/t8-,9+/m0/s1. The average molecular weight is 336 g/mol. The molecule has 9 heteroatoms. The zero-order chi connectivity index (χ0) is 16.3. The Morgan fingerprint density at radius 3 is 2.64 bits per heavy atom. The molecule has 0 saturated heterocycles. The predicted molar refractivity (Wildman–Crippen MR) is 76.3 cm³/mol. The first-order valence-electron chi connectivity index (χ1n) is 7.17. The number of rotatable bonds is 4. The molecular formula is C13H19F3N4OS. The molecule has 0 bridgehead atoms. The van der Waals surface area contributed by atoms with Crippen LogP contribution in [0.3, 0.4) is 0 Å². The molecule has 1 N–H and O–H groups in total. The summed E-state index contributed by atoms with van der Waals surface area (Å²) < 4.78 is 38.7. The van der Waals surface area contributed by atoms with Gasteiger partial charge in [0, 0.05) is 13.1 Å². The maximum Gasteiger partial charge on any atom is 0.451 e. The highest BCUT2D eigenvalue weighted by atomic mass is 32.2. The Kier molecular flexibility index (Phi) is 5.36. The Labute approximate surface area is 131 Å². The highest BCUT2D eigenvalue weighted by Crippen LogP contribution is 2.29. The SMILES string of the molecule is C[C@H]1CCCC[C@H]1NC(=O)CSc1nnc(C(F)(F)F)n1C. The van der Waals surface area contributed by atoms with Crippen LogP contribution >= 0.6 is 11.8 Å². The van der Waals surface area contributed by atoms with Crippen LogP contribution in [0.5, 0.6) is 0 Å². The molecule has 1 aromatic heterocycles. The van der Waals surface area contributed by atoms with Crippen LogP contribution in [0.4, 0.5) is 13.2 Å². The Balaban J connectivity index is 1.87. The molecule has 5 nitrogen and oxygen atoms in total. The molecule has 0 aromatic carbocycles. The second-order valence-electron chi connectivity index (χ2n) is 5.59. The van der Waals surface area contributed by atoms with Gasteiger partial charge in [0.1, 0.15) is 0 Å². The van der Waals surface area contributed by atoms with Gasteiger partial charge in [0.15, 0.2) is 5.16 Å². The normalized spacial score (nSPS) is 22.6. The maximum absolute atomic E-state index is 12.6. The van der Waals surface area contributed by atoms with Crippen molar-refractivity contribution in [2.45, 2.75) is 50.0 Å². The second-order valence-corrected chi connectivity index (χ2v) is 6.53. The number of thioether (sulfide) groups is 1. The van der Waals surface area contributed by atoms with Crippen LogP contribution in [0.15, 0.2) is 5.16 Å². The molecule has 0 aliphatic heterocycles. The minimum absolute atomic E-state index is 0.0348. The highest BCUT2D eigenvalue weighted by Gasteiger charge is 2.37. The monoisotopic (exact) mass is 336 g/mol. The van der Waals surface area contributed by atoms with E-state index in [1.54, 1.807) is 0 Å². The van der Waals surface area contributed by atoms with Gasteiger partial charge in [0.25, 0.3) is 0 Å². The summed E-state index contributed by atoms with van der Waals surface area (Å²) in [4.78, 5) is 11.9. The molecule has 1 aromatic rings. The summed E-state index contributed by atoms with van der Waals surface area (Å²) in [5.41, 5.74) is 0. The lowest BCUT2D eigenvalue weighted by Gasteiger charge is -2.29. The lowest BCUT2D eigenvalue weighted by Crippen LogP contribution is -2.41. The van der Waals surface area contributed by atoms with Crippen LogP contribution in [0.25, 0.3) is 0 Å². The maximum atomic E-state index is 12.6. The number of hydrogen-bond donors (Lipinski definition) is 1. The molecule has 2 rings (SSSR count). The summed E-state index contributed by atoms with van der Waals surface area (Å²) in [6.07, 6.45) is -0.210. The quantitative estimate of drug-likeness (QED) is 0.859. The van der Waals surface area contributed by atoms with E-state index in [4.69, 9.17) is 0 Å². The van der Waals surface area contributed by atoms with E-state index < -0.39 is 12.0 Å². The van der Waals surface area contributed by atoms with Gasteiger partial charge in [-0.05, 0) is 18.8 Å². The molecule has 0 unspecified atom stereocenters. The summed E-state index contributed by atoms with van der Waals surface area (Å²) >= 11 is 0.959. The Bertz CT molecular complexity index is 532. The molecule has 0 radical (unpaired) electrons. The van der Waals surface area contributed by atoms with Crippen molar-refractivity contribution in [2.75, 3.05) is 5.75 Å². The summed E-state index contributed by atoms with van der Waals surface area (Å²) in [6, 6.07) is 0.159. The van der Waals surface area contributed by atoms with Crippen molar-refractivity contribution in [3.63, 3.8) is 0 Å². The third kappa shape index (κ3) is 4.15. The average Bonchev–Trinajstić information content (AvgIpc) is 2.80. The van der Waals surface area contributed by atoms with Gasteiger partial charge in [-0.3, -0.25) is 4.79 Å². The minimum atomic E-state index is -4.54. The minimum Gasteiger partial charge on any atom is -0.352 e. The van der Waals surface area contributed by atoms with Crippen LogP contribution in [0, 0.1) is 5.92 Å². The van der Waals surface area contributed by atoms with Crippen molar-refractivity contribution < 1.29 is 18.0 Å². The predicted octanol–water partition coefficient (Wildman–Crippen LogP) is 2.62. The number of alkyl halides is 3. The first-order chi connectivity index (χ1) is 10.3. The molecule has 1 saturated carbocycles. The van der Waals surface area contributed by atoms with Gasteiger partial charge in [0.05, 0.1) is 5.75 Å². The number of carbonyl (C=O) groups is 1. The van der Waals surface area contributed by atoms with Crippen molar-refractivity contribution in [3.8, 4) is 0 Å². The lowest BCUT2D eigenvalue weighted by molar-refractivity contribution is -0.147. The topological polar surface area (TPSA) is 59.8 Å². The highest BCUT2D eigenvalue weighted by molar-refractivity contribution is 7.99. The van der Waals surface area contributed by atoms with E-state index in [-0.39, 0.29) is 22.9 Å².